The van der Waals surface area contributed by atoms with Crippen LogP contribution in [0.2, 0.25) is 0 Å². The number of amides is 2. The van der Waals surface area contributed by atoms with Crippen molar-refractivity contribution in [3.63, 3.8) is 0 Å². The molecule has 0 aliphatic heterocycles. The van der Waals surface area contributed by atoms with Crippen molar-refractivity contribution in [3.8, 4) is 0 Å². The maximum atomic E-state index is 13.0. The third-order valence-electron chi connectivity index (χ3n) is 3.18. The Morgan fingerprint density at radius 1 is 1.04 bits per heavy atom. The monoisotopic (exact) mass is 316 g/mol. The minimum absolute atomic E-state index is 0.144. The molecule has 2 aromatic rings. The number of aliphatic hydroxyl groups is 1. The Morgan fingerprint density at radius 3 is 2.48 bits per heavy atom. The minimum atomic E-state index is -0.884. The number of halogens is 1. The lowest BCUT2D eigenvalue weighted by molar-refractivity contribution is -0.136. The molecule has 1 unspecified atom stereocenters. The maximum Gasteiger partial charge on any atom is 0.313 e. The number of carbonyl (C=O) groups excluding carboxylic acids is 2. The molecule has 0 aliphatic rings. The number of hydrogen-bond donors (Lipinski definition) is 3. The lowest BCUT2D eigenvalue weighted by Gasteiger charge is -2.11. The van der Waals surface area contributed by atoms with Crippen molar-refractivity contribution >= 4 is 17.5 Å². The Bertz CT molecular complexity index is 677. The molecule has 0 saturated heterocycles. The fraction of sp³-hybridized carbons (Fsp3) is 0.176. The molecule has 1 atom stereocenters. The molecule has 2 rings (SSSR count). The van der Waals surface area contributed by atoms with Gasteiger partial charge in [0.2, 0.25) is 0 Å². The van der Waals surface area contributed by atoms with E-state index in [9.17, 15) is 19.1 Å². The Kier molecular flexibility index (Phi) is 5.82. The van der Waals surface area contributed by atoms with Crippen LogP contribution in [0.3, 0.4) is 0 Å². The second-order valence-electron chi connectivity index (χ2n) is 4.94. The normalized spacial score (nSPS) is 11.6. The molecule has 2 amide bonds. The summed E-state index contributed by atoms with van der Waals surface area (Å²) in [6, 6.07) is 14.3. The molecule has 0 fully saturated rings. The van der Waals surface area contributed by atoms with Crippen molar-refractivity contribution in [2.75, 3.05) is 11.9 Å². The van der Waals surface area contributed by atoms with E-state index < -0.39 is 23.7 Å². The van der Waals surface area contributed by atoms with E-state index in [0.29, 0.717) is 0 Å². The molecule has 6 heteroatoms. The zero-order valence-electron chi connectivity index (χ0n) is 12.3. The van der Waals surface area contributed by atoms with Crippen molar-refractivity contribution in [2.45, 2.75) is 12.5 Å². The second kappa shape index (κ2) is 8.05. The van der Waals surface area contributed by atoms with Crippen LogP contribution in [0.1, 0.15) is 18.1 Å². The van der Waals surface area contributed by atoms with Gasteiger partial charge < -0.3 is 15.7 Å². The third-order valence-corrected chi connectivity index (χ3v) is 3.18. The van der Waals surface area contributed by atoms with Gasteiger partial charge in [-0.15, -0.1) is 0 Å². The van der Waals surface area contributed by atoms with Crippen LogP contribution in [0.25, 0.3) is 0 Å². The lowest BCUT2D eigenvalue weighted by atomic mass is 10.1. The Labute approximate surface area is 133 Å². The summed E-state index contributed by atoms with van der Waals surface area (Å²) < 4.78 is 13.0. The first kappa shape index (κ1) is 16.6. The van der Waals surface area contributed by atoms with Gasteiger partial charge in [-0.05, 0) is 30.2 Å². The van der Waals surface area contributed by atoms with Crippen molar-refractivity contribution in [2.24, 2.45) is 0 Å². The fourth-order valence-electron chi connectivity index (χ4n) is 2.00. The number of rotatable bonds is 5. The highest BCUT2D eigenvalue weighted by atomic mass is 19.1. The molecule has 2 aromatic carbocycles. The van der Waals surface area contributed by atoms with E-state index in [1.807, 2.05) is 18.2 Å². The SMILES string of the molecule is O=C(NCCC(O)c1ccccc1)C(=O)Nc1cccc(F)c1. The van der Waals surface area contributed by atoms with E-state index in [1.54, 1.807) is 12.1 Å². The zero-order valence-corrected chi connectivity index (χ0v) is 12.3. The molecule has 0 radical (unpaired) electrons. The minimum Gasteiger partial charge on any atom is -0.388 e. The van der Waals surface area contributed by atoms with Gasteiger partial charge in [-0.3, -0.25) is 9.59 Å². The molecule has 0 spiro atoms. The largest absolute Gasteiger partial charge is 0.388 e. The molecular weight excluding hydrogens is 299 g/mol. The number of nitrogens with one attached hydrogen (secondary N) is 2. The molecule has 0 aliphatic carbocycles. The van der Waals surface area contributed by atoms with Gasteiger partial charge in [0.05, 0.1) is 6.10 Å². The summed E-state index contributed by atoms with van der Waals surface area (Å²) in [7, 11) is 0. The van der Waals surface area contributed by atoms with Gasteiger partial charge in [-0.25, -0.2) is 4.39 Å². The van der Waals surface area contributed by atoms with Crippen molar-refractivity contribution in [1.29, 1.82) is 0 Å². The van der Waals surface area contributed by atoms with Crippen molar-refractivity contribution in [1.82, 2.24) is 5.32 Å². The number of hydrogen-bond acceptors (Lipinski definition) is 3. The van der Waals surface area contributed by atoms with Gasteiger partial charge in [-0.1, -0.05) is 36.4 Å². The van der Waals surface area contributed by atoms with Crippen LogP contribution >= 0.6 is 0 Å². The van der Waals surface area contributed by atoms with Gasteiger partial charge >= 0.3 is 11.8 Å². The van der Waals surface area contributed by atoms with E-state index in [0.717, 1.165) is 11.6 Å². The van der Waals surface area contributed by atoms with Crippen molar-refractivity contribution in [3.05, 3.63) is 66.0 Å². The highest BCUT2D eigenvalue weighted by molar-refractivity contribution is 6.39. The molecule has 3 N–H and O–H groups in total. The van der Waals surface area contributed by atoms with Crippen LogP contribution in [0, 0.1) is 5.82 Å². The van der Waals surface area contributed by atoms with E-state index in [2.05, 4.69) is 10.6 Å². The second-order valence-corrected chi connectivity index (χ2v) is 4.94. The summed E-state index contributed by atoms with van der Waals surface area (Å²) in [6.45, 7) is 0.144. The van der Waals surface area contributed by atoms with Crippen LogP contribution in [0.4, 0.5) is 10.1 Å². The Hall–Kier alpha value is -2.73. The van der Waals surface area contributed by atoms with Gasteiger partial charge in [0.1, 0.15) is 5.82 Å². The first-order valence-electron chi connectivity index (χ1n) is 7.14. The number of carbonyl (C=O) groups is 2. The quantitative estimate of drug-likeness (QED) is 0.738. The van der Waals surface area contributed by atoms with E-state index in [1.165, 1.54) is 18.2 Å². The molecule has 5 nitrogen and oxygen atoms in total. The Balaban J connectivity index is 1.77. The molecule has 0 heterocycles. The van der Waals surface area contributed by atoms with Gasteiger partial charge in [-0.2, -0.15) is 0 Å². The molecule has 120 valence electrons. The average Bonchev–Trinajstić information content (AvgIpc) is 2.55. The molecular formula is C17H17FN2O3. The van der Waals surface area contributed by atoms with E-state index in [-0.39, 0.29) is 18.7 Å². The van der Waals surface area contributed by atoms with E-state index >= 15 is 0 Å². The third kappa shape index (κ3) is 5.19. The summed E-state index contributed by atoms with van der Waals surface area (Å²) in [5.74, 6) is -2.23. The first-order valence-corrected chi connectivity index (χ1v) is 7.14. The van der Waals surface area contributed by atoms with Crippen LogP contribution < -0.4 is 10.6 Å². The molecule has 0 aromatic heterocycles. The predicted octanol–water partition coefficient (Wildman–Crippen LogP) is 2.00. The zero-order chi connectivity index (χ0) is 16.7. The van der Waals surface area contributed by atoms with E-state index in [4.69, 9.17) is 0 Å². The smallest absolute Gasteiger partial charge is 0.313 e. The summed E-state index contributed by atoms with van der Waals surface area (Å²) >= 11 is 0. The fourth-order valence-corrected chi connectivity index (χ4v) is 2.00. The standard InChI is InChI=1S/C17H17FN2O3/c18-13-7-4-8-14(11-13)20-17(23)16(22)19-10-9-15(21)12-5-2-1-3-6-12/h1-8,11,15,21H,9-10H2,(H,19,22)(H,20,23). The molecule has 0 saturated carbocycles. The first-order chi connectivity index (χ1) is 11.1. The summed E-state index contributed by atoms with van der Waals surface area (Å²) in [6.07, 6.45) is -0.439. The summed E-state index contributed by atoms with van der Waals surface area (Å²) in [4.78, 5) is 23.3. The van der Waals surface area contributed by atoms with Crippen molar-refractivity contribution < 1.29 is 19.1 Å². The molecule has 0 bridgehead atoms. The average molecular weight is 316 g/mol. The highest BCUT2D eigenvalue weighted by Crippen LogP contribution is 2.14. The van der Waals surface area contributed by atoms with Crippen LogP contribution in [0.15, 0.2) is 54.6 Å². The van der Waals surface area contributed by atoms with Gasteiger partial charge in [0, 0.05) is 12.2 Å². The Morgan fingerprint density at radius 2 is 1.78 bits per heavy atom. The number of benzene rings is 2. The van der Waals surface area contributed by atoms with Gasteiger partial charge in [0.25, 0.3) is 0 Å². The number of anilines is 1. The topological polar surface area (TPSA) is 78.4 Å². The summed E-state index contributed by atoms with van der Waals surface area (Å²) in [5.41, 5.74) is 0.945. The molecule has 23 heavy (non-hydrogen) atoms. The lowest BCUT2D eigenvalue weighted by Crippen LogP contribution is -2.36. The van der Waals surface area contributed by atoms with Crippen LogP contribution in [-0.2, 0) is 9.59 Å². The predicted molar refractivity (Wildman–Crippen MR) is 84.1 cm³/mol. The maximum absolute atomic E-state index is 13.0. The van der Waals surface area contributed by atoms with Crippen LogP contribution in [-0.4, -0.2) is 23.5 Å². The number of aliphatic hydroxyl groups excluding tert-OH is 1. The van der Waals surface area contributed by atoms with Crippen LogP contribution in [0.5, 0.6) is 0 Å². The highest BCUT2D eigenvalue weighted by Gasteiger charge is 2.14. The van der Waals surface area contributed by atoms with Gasteiger partial charge in [0.15, 0.2) is 0 Å². The summed E-state index contributed by atoms with van der Waals surface area (Å²) in [5, 5.41) is 14.7.